The van der Waals surface area contributed by atoms with Crippen LogP contribution in [0.1, 0.15) is 0 Å². The number of pyridine rings is 1. The van der Waals surface area contributed by atoms with E-state index in [1.807, 2.05) is 0 Å². The molecule has 0 N–H and O–H groups in total. The van der Waals surface area contributed by atoms with Gasteiger partial charge in [-0.25, -0.2) is 0 Å². The predicted octanol–water partition coefficient (Wildman–Crippen LogP) is 0.637. The highest BCUT2D eigenvalue weighted by atomic mass is 16.6. The molecule has 2 aromatic heterocycles. The van der Waals surface area contributed by atoms with E-state index < -0.39 is 4.92 Å². The van der Waals surface area contributed by atoms with Gasteiger partial charge in [0.15, 0.2) is 0 Å². The largest absolute Gasteiger partial charge is 0.314 e. The second-order valence-electron chi connectivity index (χ2n) is 2.21. The van der Waals surface area contributed by atoms with Crippen molar-refractivity contribution in [2.24, 2.45) is 0 Å². The van der Waals surface area contributed by atoms with Crippen molar-refractivity contribution in [3.05, 3.63) is 34.8 Å². The fraction of sp³-hybridized carbons (Fsp3) is 0. The van der Waals surface area contributed by atoms with Crippen LogP contribution in [0.4, 0.5) is 5.69 Å². The van der Waals surface area contributed by atoms with E-state index in [1.54, 1.807) is 12.3 Å². The Balaban J connectivity index is 2.82. The van der Waals surface area contributed by atoms with Crippen LogP contribution in [0.25, 0.3) is 5.65 Å². The van der Waals surface area contributed by atoms with Gasteiger partial charge in [0.25, 0.3) is 0 Å². The van der Waals surface area contributed by atoms with Crippen LogP contribution in [0.5, 0.6) is 0 Å². The molecular formula is C6H4N4O2. The Kier molecular flexibility index (Phi) is 1.26. The third-order valence-corrected chi connectivity index (χ3v) is 1.50. The lowest BCUT2D eigenvalue weighted by atomic mass is 10.4. The molecule has 0 fully saturated rings. The predicted molar refractivity (Wildman–Crippen MR) is 39.6 cm³/mol. The Morgan fingerprint density at radius 1 is 1.58 bits per heavy atom. The van der Waals surface area contributed by atoms with Crippen molar-refractivity contribution in [3.8, 4) is 0 Å². The fourth-order valence-corrected chi connectivity index (χ4v) is 0.979. The standard InChI is InChI=1S/C6H4N4O2/c11-10(12)5-2-1-3-9-4-7-8-6(5)9/h1-4H. The smallest absolute Gasteiger partial charge is 0.283 e. The molecule has 6 nitrogen and oxygen atoms in total. The van der Waals surface area contributed by atoms with Crippen molar-refractivity contribution >= 4 is 11.3 Å². The van der Waals surface area contributed by atoms with Crippen molar-refractivity contribution in [2.45, 2.75) is 0 Å². The summed E-state index contributed by atoms with van der Waals surface area (Å²) in [7, 11) is 0. The highest BCUT2D eigenvalue weighted by Crippen LogP contribution is 2.15. The molecule has 0 unspecified atom stereocenters. The topological polar surface area (TPSA) is 73.3 Å². The monoisotopic (exact) mass is 164 g/mol. The quantitative estimate of drug-likeness (QED) is 0.457. The van der Waals surface area contributed by atoms with E-state index in [-0.39, 0.29) is 11.3 Å². The number of hydrogen-bond donors (Lipinski definition) is 0. The van der Waals surface area contributed by atoms with E-state index in [2.05, 4.69) is 10.2 Å². The van der Waals surface area contributed by atoms with Crippen molar-refractivity contribution in [1.82, 2.24) is 14.6 Å². The lowest BCUT2D eigenvalue weighted by molar-refractivity contribution is -0.383. The lowest BCUT2D eigenvalue weighted by Crippen LogP contribution is -1.92. The molecule has 0 saturated carbocycles. The first-order chi connectivity index (χ1) is 5.79. The summed E-state index contributed by atoms with van der Waals surface area (Å²) < 4.78 is 1.50. The molecule has 60 valence electrons. The van der Waals surface area contributed by atoms with Gasteiger partial charge in [-0.3, -0.25) is 14.5 Å². The Hall–Kier alpha value is -1.98. The molecule has 0 bridgehead atoms. The van der Waals surface area contributed by atoms with Gasteiger partial charge in [-0.1, -0.05) is 0 Å². The maximum absolute atomic E-state index is 10.4. The molecular weight excluding hydrogens is 160 g/mol. The van der Waals surface area contributed by atoms with E-state index in [4.69, 9.17) is 0 Å². The van der Waals surface area contributed by atoms with Crippen LogP contribution in [-0.4, -0.2) is 19.5 Å². The molecule has 12 heavy (non-hydrogen) atoms. The number of aromatic nitrogens is 3. The van der Waals surface area contributed by atoms with Gasteiger partial charge < -0.3 is 0 Å². The SMILES string of the molecule is O=[N+]([O-])c1cccn2cnnc12. The Labute approximate surface area is 66.6 Å². The van der Waals surface area contributed by atoms with Crippen LogP contribution in [-0.2, 0) is 0 Å². The average molecular weight is 164 g/mol. The molecule has 2 aromatic rings. The summed E-state index contributed by atoms with van der Waals surface area (Å²) in [5, 5.41) is 17.6. The van der Waals surface area contributed by atoms with Gasteiger partial charge in [-0.2, -0.15) is 0 Å². The van der Waals surface area contributed by atoms with Crippen molar-refractivity contribution < 1.29 is 4.92 Å². The molecule has 0 atom stereocenters. The second kappa shape index (κ2) is 2.26. The van der Waals surface area contributed by atoms with E-state index in [0.717, 1.165) is 0 Å². The number of rotatable bonds is 1. The Morgan fingerprint density at radius 2 is 2.42 bits per heavy atom. The van der Waals surface area contributed by atoms with Gasteiger partial charge in [0.1, 0.15) is 6.33 Å². The fourth-order valence-electron chi connectivity index (χ4n) is 0.979. The second-order valence-corrected chi connectivity index (χ2v) is 2.21. The van der Waals surface area contributed by atoms with Crippen LogP contribution in [0.3, 0.4) is 0 Å². The van der Waals surface area contributed by atoms with E-state index >= 15 is 0 Å². The number of hydrogen-bond acceptors (Lipinski definition) is 4. The Morgan fingerprint density at radius 3 is 3.17 bits per heavy atom. The highest BCUT2D eigenvalue weighted by Gasteiger charge is 2.12. The molecule has 0 aliphatic rings. The molecule has 0 spiro atoms. The average Bonchev–Trinajstić information content (AvgIpc) is 2.49. The Bertz CT molecular complexity index is 436. The van der Waals surface area contributed by atoms with Gasteiger partial charge in [0.05, 0.1) is 4.92 Å². The normalized spacial score (nSPS) is 10.3. The zero-order valence-corrected chi connectivity index (χ0v) is 5.91. The first kappa shape index (κ1) is 6.71. The van der Waals surface area contributed by atoms with Gasteiger partial charge in [-0.15, -0.1) is 10.2 Å². The van der Waals surface area contributed by atoms with Gasteiger partial charge >= 0.3 is 5.69 Å². The lowest BCUT2D eigenvalue weighted by Gasteiger charge is -1.91. The molecule has 0 aliphatic carbocycles. The number of fused-ring (bicyclic) bond motifs is 1. The van der Waals surface area contributed by atoms with Crippen LogP contribution >= 0.6 is 0 Å². The van der Waals surface area contributed by atoms with E-state index in [1.165, 1.54) is 16.8 Å². The molecule has 2 heterocycles. The minimum atomic E-state index is -0.482. The number of nitrogens with zero attached hydrogens (tertiary/aromatic N) is 4. The van der Waals surface area contributed by atoms with Gasteiger partial charge in [0, 0.05) is 12.3 Å². The maximum atomic E-state index is 10.4. The van der Waals surface area contributed by atoms with E-state index in [9.17, 15) is 10.1 Å². The summed E-state index contributed by atoms with van der Waals surface area (Å²) >= 11 is 0. The molecule has 0 aliphatic heterocycles. The summed E-state index contributed by atoms with van der Waals surface area (Å²) in [6, 6.07) is 2.97. The van der Waals surface area contributed by atoms with Crippen LogP contribution in [0.15, 0.2) is 24.7 Å². The minimum Gasteiger partial charge on any atom is -0.283 e. The first-order valence-corrected chi connectivity index (χ1v) is 3.22. The molecule has 2 rings (SSSR count). The third kappa shape index (κ3) is 0.815. The van der Waals surface area contributed by atoms with Crippen molar-refractivity contribution in [1.29, 1.82) is 0 Å². The summed E-state index contributed by atoms with van der Waals surface area (Å²) in [4.78, 5) is 9.96. The number of nitro groups is 1. The van der Waals surface area contributed by atoms with E-state index in [0.29, 0.717) is 0 Å². The maximum Gasteiger partial charge on any atom is 0.314 e. The summed E-state index contributed by atoms with van der Waals surface area (Å²) in [5.41, 5.74) is 0.234. The zero-order chi connectivity index (χ0) is 8.55. The van der Waals surface area contributed by atoms with Crippen LogP contribution < -0.4 is 0 Å². The van der Waals surface area contributed by atoms with Gasteiger partial charge in [-0.05, 0) is 6.07 Å². The summed E-state index contributed by atoms with van der Waals surface area (Å²) in [5.74, 6) is 0. The van der Waals surface area contributed by atoms with Gasteiger partial charge in [0.2, 0.25) is 5.65 Å². The van der Waals surface area contributed by atoms with Crippen molar-refractivity contribution in [3.63, 3.8) is 0 Å². The summed E-state index contributed by atoms with van der Waals surface area (Å²) in [6.07, 6.45) is 3.07. The zero-order valence-electron chi connectivity index (χ0n) is 5.91. The van der Waals surface area contributed by atoms with Crippen LogP contribution in [0.2, 0.25) is 0 Å². The van der Waals surface area contributed by atoms with Crippen molar-refractivity contribution in [2.75, 3.05) is 0 Å². The minimum absolute atomic E-state index is 0.0324. The molecule has 0 radical (unpaired) electrons. The highest BCUT2D eigenvalue weighted by molar-refractivity contribution is 5.57. The first-order valence-electron chi connectivity index (χ1n) is 3.22. The molecule has 0 saturated heterocycles. The third-order valence-electron chi connectivity index (χ3n) is 1.50. The molecule has 6 heteroatoms. The summed E-state index contributed by atoms with van der Waals surface area (Å²) in [6.45, 7) is 0. The van der Waals surface area contributed by atoms with Crippen LogP contribution in [0, 0.1) is 10.1 Å². The molecule has 0 aromatic carbocycles. The molecule has 0 amide bonds.